The van der Waals surface area contributed by atoms with Crippen molar-refractivity contribution in [3.8, 4) is 0 Å². The van der Waals surface area contributed by atoms with E-state index in [-0.39, 0.29) is 11.9 Å². The Labute approximate surface area is 127 Å². The van der Waals surface area contributed by atoms with Crippen LogP contribution in [0.25, 0.3) is 11.0 Å². The summed E-state index contributed by atoms with van der Waals surface area (Å²) in [5.41, 5.74) is -3.92. The predicted octanol–water partition coefficient (Wildman–Crippen LogP) is 2.95. The van der Waals surface area contributed by atoms with Crippen LogP contribution in [-0.4, -0.2) is 26.5 Å². The first-order valence-electron chi connectivity index (χ1n) is 6.36. The van der Waals surface area contributed by atoms with Crippen LogP contribution in [0, 0.1) is 0 Å². The third-order valence-corrected chi connectivity index (χ3v) is 4.90. The average molecular weight is 357 g/mol. The van der Waals surface area contributed by atoms with Gasteiger partial charge in [0.15, 0.2) is 0 Å². The molecular formula is C12H9F6N3OS. The Balaban J connectivity index is 2.22. The smallest absolute Gasteiger partial charge is 0.340 e. The van der Waals surface area contributed by atoms with Crippen molar-refractivity contribution in [2.24, 2.45) is 0 Å². The van der Waals surface area contributed by atoms with Crippen molar-refractivity contribution >= 4 is 21.8 Å². The number of hydrogen-bond donors (Lipinski definition) is 2. The second-order valence-corrected chi connectivity index (χ2v) is 6.60. The molecule has 1 aliphatic heterocycles. The van der Waals surface area contributed by atoms with E-state index >= 15 is 0 Å². The van der Waals surface area contributed by atoms with Gasteiger partial charge >= 0.3 is 12.4 Å². The zero-order valence-corrected chi connectivity index (χ0v) is 12.0. The predicted molar refractivity (Wildman–Crippen MR) is 69.9 cm³/mol. The van der Waals surface area contributed by atoms with Crippen LogP contribution in [0.1, 0.15) is 22.3 Å². The number of rotatable bonds is 1. The molecule has 11 heteroatoms. The second-order valence-electron chi connectivity index (χ2n) is 4.96. The lowest BCUT2D eigenvalue weighted by Crippen LogP contribution is -2.16. The Morgan fingerprint density at radius 2 is 1.83 bits per heavy atom. The molecule has 0 spiro atoms. The highest BCUT2D eigenvalue weighted by Gasteiger charge is 2.39. The lowest BCUT2D eigenvalue weighted by atomic mass is 10.1. The fraction of sp³-hybridized carbons (Fsp3) is 0.417. The minimum Gasteiger partial charge on any atom is -0.340 e. The van der Waals surface area contributed by atoms with Gasteiger partial charge in [-0.15, -0.1) is 0 Å². The van der Waals surface area contributed by atoms with E-state index in [4.69, 9.17) is 0 Å². The van der Waals surface area contributed by atoms with Gasteiger partial charge in [-0.1, -0.05) is 0 Å². The first-order chi connectivity index (χ1) is 10.6. The molecule has 3 rings (SSSR count). The molecule has 2 unspecified atom stereocenters. The number of alkyl halides is 6. The highest BCUT2D eigenvalue weighted by Crippen LogP contribution is 2.39. The summed E-state index contributed by atoms with van der Waals surface area (Å²) in [5.74, 6) is 0.224. The van der Waals surface area contributed by atoms with Gasteiger partial charge in [0.25, 0.3) is 0 Å². The van der Waals surface area contributed by atoms with Crippen LogP contribution < -0.4 is 5.32 Å². The fourth-order valence-electron chi connectivity index (χ4n) is 2.36. The Hall–Kier alpha value is -1.62. The molecule has 2 N–H and O–H groups in total. The van der Waals surface area contributed by atoms with Crippen molar-refractivity contribution in [1.29, 1.82) is 0 Å². The molecule has 1 aromatic heterocycles. The Kier molecular flexibility index (Phi) is 3.67. The number of H-pyrrole nitrogens is 1. The molecule has 2 aromatic rings. The summed E-state index contributed by atoms with van der Waals surface area (Å²) in [7, 11) is -1.40. The molecule has 1 aliphatic rings. The molecule has 0 amide bonds. The third kappa shape index (κ3) is 2.94. The molecule has 0 bridgehead atoms. The molecule has 4 nitrogen and oxygen atoms in total. The number of imidazole rings is 1. The Morgan fingerprint density at radius 3 is 2.35 bits per heavy atom. The summed E-state index contributed by atoms with van der Waals surface area (Å²) in [6.07, 6.45) is -9.91. The number of aromatic amines is 1. The summed E-state index contributed by atoms with van der Waals surface area (Å²) in [6, 6.07) is 0.602. The van der Waals surface area contributed by atoms with E-state index in [2.05, 4.69) is 15.3 Å². The molecule has 1 saturated heterocycles. The molecule has 23 heavy (non-hydrogen) atoms. The number of nitrogens with zero attached hydrogens (tertiary/aromatic N) is 1. The number of hydrogen-bond acceptors (Lipinski definition) is 3. The maximum absolute atomic E-state index is 13.1. The van der Waals surface area contributed by atoms with Gasteiger partial charge < -0.3 is 4.98 Å². The Bertz CT molecular complexity index is 781. The number of aromatic nitrogens is 2. The summed E-state index contributed by atoms with van der Waals surface area (Å²) in [4.78, 5) is 6.16. The van der Waals surface area contributed by atoms with Gasteiger partial charge in [-0.25, -0.2) is 4.98 Å². The van der Waals surface area contributed by atoms with Gasteiger partial charge in [-0.3, -0.25) is 9.53 Å². The van der Waals surface area contributed by atoms with E-state index in [1.54, 1.807) is 0 Å². The van der Waals surface area contributed by atoms with Gasteiger partial charge in [-0.2, -0.15) is 26.3 Å². The minimum absolute atomic E-state index is 0.0337. The van der Waals surface area contributed by atoms with E-state index < -0.39 is 50.7 Å². The molecular weight excluding hydrogens is 348 g/mol. The van der Waals surface area contributed by atoms with Gasteiger partial charge in [0.1, 0.15) is 16.7 Å². The Morgan fingerprint density at radius 1 is 1.13 bits per heavy atom. The fourth-order valence-corrected chi connectivity index (χ4v) is 3.58. The maximum atomic E-state index is 13.1. The van der Waals surface area contributed by atoms with Gasteiger partial charge in [0, 0.05) is 23.1 Å². The first-order valence-corrected chi connectivity index (χ1v) is 7.74. The van der Waals surface area contributed by atoms with Crippen LogP contribution in [0.2, 0.25) is 0 Å². The van der Waals surface area contributed by atoms with E-state index in [0.29, 0.717) is 18.4 Å². The van der Waals surface area contributed by atoms with Crippen molar-refractivity contribution in [2.75, 3.05) is 12.3 Å². The molecule has 1 aromatic carbocycles. The zero-order valence-electron chi connectivity index (χ0n) is 11.2. The minimum atomic E-state index is -4.99. The molecule has 0 aliphatic carbocycles. The summed E-state index contributed by atoms with van der Waals surface area (Å²) in [6.45, 7) is 0.383. The van der Waals surface area contributed by atoms with Crippen LogP contribution in [0.3, 0.4) is 0 Å². The number of fused-ring (bicyclic) bond motifs is 1. The number of nitrogens with one attached hydrogen (secondary N) is 2. The summed E-state index contributed by atoms with van der Waals surface area (Å²) >= 11 is 0. The maximum Gasteiger partial charge on any atom is 0.418 e. The van der Waals surface area contributed by atoms with Crippen LogP contribution in [0.4, 0.5) is 26.3 Å². The lowest BCUT2D eigenvalue weighted by Gasteiger charge is -2.11. The largest absolute Gasteiger partial charge is 0.418 e. The summed E-state index contributed by atoms with van der Waals surface area (Å²) < 4.78 is 89.3. The van der Waals surface area contributed by atoms with Crippen molar-refractivity contribution in [2.45, 2.75) is 17.7 Å². The third-order valence-electron chi connectivity index (χ3n) is 3.38. The van der Waals surface area contributed by atoms with E-state index in [0.717, 1.165) is 0 Å². The number of benzene rings is 1. The second kappa shape index (κ2) is 5.20. The molecule has 0 saturated carbocycles. The van der Waals surface area contributed by atoms with E-state index in [9.17, 15) is 30.6 Å². The first kappa shape index (κ1) is 16.2. The highest BCUT2D eigenvalue weighted by molar-refractivity contribution is 7.85. The normalized spacial score (nSPS) is 22.9. The highest BCUT2D eigenvalue weighted by atomic mass is 32.2. The van der Waals surface area contributed by atoms with Crippen LogP contribution in [-0.2, 0) is 23.2 Å². The van der Waals surface area contributed by atoms with E-state index in [1.807, 2.05) is 0 Å². The molecule has 2 heterocycles. The van der Waals surface area contributed by atoms with Gasteiger partial charge in [0.2, 0.25) is 0 Å². The molecule has 0 radical (unpaired) electrons. The van der Waals surface area contributed by atoms with Gasteiger partial charge in [0.05, 0.1) is 16.6 Å². The SMILES string of the molecule is O=S1CCNC1c1nc2c(C(F)(F)F)cc(C(F)(F)F)cc2[nH]1. The van der Waals surface area contributed by atoms with Crippen LogP contribution in [0.5, 0.6) is 0 Å². The molecule has 1 fully saturated rings. The van der Waals surface area contributed by atoms with Gasteiger partial charge in [-0.05, 0) is 12.1 Å². The zero-order chi connectivity index (χ0) is 17.0. The van der Waals surface area contributed by atoms with Crippen LogP contribution in [0.15, 0.2) is 12.1 Å². The molecule has 2 atom stereocenters. The standard InChI is InChI=1S/C12H9F6N3OS/c13-11(14,15)5-3-6(12(16,17)18)8-7(4-5)20-9(21-8)10-19-1-2-23(10)22/h3-4,10,19H,1-2H2,(H,20,21). The average Bonchev–Trinajstić information content (AvgIpc) is 3.00. The monoisotopic (exact) mass is 357 g/mol. The number of halogens is 6. The lowest BCUT2D eigenvalue weighted by molar-refractivity contribution is -0.142. The molecule has 126 valence electrons. The van der Waals surface area contributed by atoms with Crippen molar-refractivity contribution in [1.82, 2.24) is 15.3 Å². The van der Waals surface area contributed by atoms with Crippen molar-refractivity contribution in [3.05, 3.63) is 29.1 Å². The van der Waals surface area contributed by atoms with Crippen LogP contribution >= 0.6 is 0 Å². The van der Waals surface area contributed by atoms with Crippen molar-refractivity contribution in [3.63, 3.8) is 0 Å². The van der Waals surface area contributed by atoms with E-state index in [1.165, 1.54) is 0 Å². The summed E-state index contributed by atoms with van der Waals surface area (Å²) in [5, 5.41) is 1.97. The van der Waals surface area contributed by atoms with Crippen molar-refractivity contribution < 1.29 is 30.6 Å². The topological polar surface area (TPSA) is 57.8 Å². The quantitative estimate of drug-likeness (QED) is 0.772.